The van der Waals surface area contributed by atoms with Crippen LogP contribution in [-0.2, 0) is 31.9 Å². The first-order valence-corrected chi connectivity index (χ1v) is 30.5. The summed E-state index contributed by atoms with van der Waals surface area (Å²) in [4.78, 5) is 9.92. The van der Waals surface area contributed by atoms with Gasteiger partial charge in [-0.1, -0.05) is 99.0 Å². The molecule has 8 aromatic carbocycles. The molecule has 3 heterocycles. The first-order chi connectivity index (χ1) is 31.8. The molecule has 335 valence electrons. The van der Waals surface area contributed by atoms with Crippen molar-refractivity contribution in [3.63, 3.8) is 0 Å². The fourth-order valence-electron chi connectivity index (χ4n) is 9.36. The van der Waals surface area contributed by atoms with Gasteiger partial charge in [-0.05, 0) is 92.2 Å². The summed E-state index contributed by atoms with van der Waals surface area (Å²) in [6.45, 7) is 11.4. The molecule has 4 nitrogen and oxygen atoms in total. The fourth-order valence-corrected chi connectivity index (χ4v) is 12.7. The first-order valence-electron chi connectivity index (χ1n) is 23.1. The van der Waals surface area contributed by atoms with Gasteiger partial charge in [0.05, 0.1) is 22.4 Å². The minimum atomic E-state index is -1.86. The summed E-state index contributed by atoms with van der Waals surface area (Å²) in [6.07, 6.45) is 3.27. The summed E-state index contributed by atoms with van der Waals surface area (Å²) < 4.78 is 10.2. The van der Waals surface area contributed by atoms with Crippen LogP contribution in [0.1, 0.15) is 45.7 Å². The number of aromatic nitrogens is 3. The maximum absolute atomic E-state index is 6.40. The Labute approximate surface area is 410 Å². The second-order valence-corrected chi connectivity index (χ2v) is 30.7. The molecule has 0 saturated carbocycles. The summed E-state index contributed by atoms with van der Waals surface area (Å²) in [5.74, 6) is 8.86. The molecule has 6 heteroatoms. The average molecular weight is 1110 g/mol. The van der Waals surface area contributed by atoms with Crippen LogP contribution in [0.3, 0.4) is 0 Å². The van der Waals surface area contributed by atoms with Crippen LogP contribution in [-0.4, -0.2) is 27.8 Å². The van der Waals surface area contributed by atoms with Gasteiger partial charge in [0.2, 0.25) is 0 Å². The number of hydrogen-bond acceptors (Lipinski definition) is 3. The van der Waals surface area contributed by atoms with Crippen molar-refractivity contribution in [2.75, 3.05) is 0 Å². The summed E-state index contributed by atoms with van der Waals surface area (Å²) in [7, 11) is 0. The quantitative estimate of drug-likeness (QED) is 0.0907. The van der Waals surface area contributed by atoms with Gasteiger partial charge >= 0.3 is 126 Å². The van der Waals surface area contributed by atoms with E-state index in [1.165, 1.54) is 43.8 Å². The van der Waals surface area contributed by atoms with Crippen molar-refractivity contribution in [2.45, 2.75) is 63.7 Å². The number of benzene rings is 8. The molecule has 0 unspecified atom stereocenters. The van der Waals surface area contributed by atoms with Gasteiger partial charge in [-0.15, -0.1) is 23.8 Å². The van der Waals surface area contributed by atoms with E-state index >= 15 is 0 Å². The van der Waals surface area contributed by atoms with Crippen molar-refractivity contribution in [1.82, 2.24) is 14.5 Å². The number of imidazole rings is 1. The standard InChI is InChI=1S/C43H31N2O.C18H24GeN.Ir/c1-43(2,3)36-25-30(27-11-5-4-6-12-27)17-19-38(36)45-39-16-10-9-15-37(39)44-42(45)31-18-20-40-34(23-31)35-24-32-21-28-13-7-8-14-29(28)22-33(32)26-41(35)46-40;1-14(2)11-16-12-18(15-9-7-6-8-10-15)20-13-17(16)19(3,4)5;/h4-17,19-26H,1-3H3;6-9,12-14H,11H2,1-5H3;/q2*-1;. The third-order valence-corrected chi connectivity index (χ3v) is 16.9. The molecule has 0 atom stereocenters. The number of para-hydroxylation sites is 2. The van der Waals surface area contributed by atoms with Crippen LogP contribution in [0.25, 0.3) is 94.0 Å². The van der Waals surface area contributed by atoms with Crippen LogP contribution < -0.4 is 4.40 Å². The molecule has 0 bridgehead atoms. The average Bonchev–Trinajstić information content (AvgIpc) is 3.87. The Morgan fingerprint density at radius 3 is 2.03 bits per heavy atom. The minimum Gasteiger partial charge on any atom is 0 e. The summed E-state index contributed by atoms with van der Waals surface area (Å²) in [6, 6.07) is 64.6. The zero-order valence-corrected chi connectivity index (χ0v) is 44.0. The summed E-state index contributed by atoms with van der Waals surface area (Å²) >= 11 is -1.86. The van der Waals surface area contributed by atoms with Crippen LogP contribution in [0.15, 0.2) is 174 Å². The zero-order chi connectivity index (χ0) is 45.7. The summed E-state index contributed by atoms with van der Waals surface area (Å²) in [5, 5.41) is 6.99. The Kier molecular flexibility index (Phi) is 12.7. The number of nitrogens with zero attached hydrogens (tertiary/aromatic N) is 3. The second kappa shape index (κ2) is 18.5. The van der Waals surface area contributed by atoms with E-state index in [4.69, 9.17) is 14.4 Å². The number of hydrogen-bond donors (Lipinski definition) is 0. The van der Waals surface area contributed by atoms with E-state index in [0.29, 0.717) is 5.92 Å². The van der Waals surface area contributed by atoms with Crippen LogP contribution in [0.4, 0.5) is 0 Å². The number of fused-ring (bicyclic) bond motifs is 6. The molecular formula is C61H55GeIrN3O-2. The third kappa shape index (κ3) is 9.30. The fraction of sp³-hybridized carbons (Fsp3) is 0.180. The van der Waals surface area contributed by atoms with Crippen molar-refractivity contribution in [2.24, 2.45) is 5.92 Å². The molecule has 0 saturated heterocycles. The maximum Gasteiger partial charge on any atom is 0 e. The van der Waals surface area contributed by atoms with E-state index in [0.717, 1.165) is 67.7 Å². The van der Waals surface area contributed by atoms with Crippen LogP contribution in [0.2, 0.25) is 17.3 Å². The molecule has 0 aliphatic carbocycles. The Morgan fingerprint density at radius 2 is 1.33 bits per heavy atom. The zero-order valence-electron chi connectivity index (χ0n) is 39.5. The molecule has 0 aliphatic rings. The van der Waals surface area contributed by atoms with Crippen molar-refractivity contribution in [1.29, 1.82) is 0 Å². The van der Waals surface area contributed by atoms with Crippen molar-refractivity contribution >= 4 is 72.2 Å². The monoisotopic (exact) mass is 1110 g/mol. The first kappa shape index (κ1) is 46.0. The van der Waals surface area contributed by atoms with Gasteiger partial charge in [-0.3, -0.25) is 4.98 Å². The topological polar surface area (TPSA) is 43.9 Å². The van der Waals surface area contributed by atoms with E-state index < -0.39 is 13.3 Å². The van der Waals surface area contributed by atoms with Gasteiger partial charge < -0.3 is 8.98 Å². The van der Waals surface area contributed by atoms with Gasteiger partial charge in [-0.2, -0.15) is 0 Å². The van der Waals surface area contributed by atoms with Gasteiger partial charge in [0.25, 0.3) is 0 Å². The van der Waals surface area contributed by atoms with Crippen molar-refractivity contribution in [3.05, 3.63) is 193 Å². The van der Waals surface area contributed by atoms with E-state index in [1.54, 1.807) is 4.40 Å². The summed E-state index contributed by atoms with van der Waals surface area (Å²) in [5.41, 5.74) is 13.0. The van der Waals surface area contributed by atoms with Gasteiger partial charge in [0.1, 0.15) is 5.58 Å². The van der Waals surface area contributed by atoms with Crippen LogP contribution >= 0.6 is 0 Å². The molecule has 11 rings (SSSR count). The molecule has 11 aromatic rings. The molecule has 0 aliphatic heterocycles. The molecule has 0 fully saturated rings. The number of rotatable bonds is 7. The predicted molar refractivity (Wildman–Crippen MR) is 282 cm³/mol. The van der Waals surface area contributed by atoms with Crippen molar-refractivity contribution in [3.8, 4) is 39.5 Å². The van der Waals surface area contributed by atoms with Crippen LogP contribution in [0.5, 0.6) is 0 Å². The van der Waals surface area contributed by atoms with E-state index in [9.17, 15) is 0 Å². The molecule has 0 spiro atoms. The molecular weight excluding hydrogens is 1060 g/mol. The Balaban J connectivity index is 0.000000226. The van der Waals surface area contributed by atoms with E-state index in [2.05, 4.69) is 214 Å². The molecule has 0 N–H and O–H groups in total. The van der Waals surface area contributed by atoms with Crippen molar-refractivity contribution < 1.29 is 24.5 Å². The smallest absolute Gasteiger partial charge is 0 e. The van der Waals surface area contributed by atoms with Gasteiger partial charge in [0, 0.05) is 31.2 Å². The Hall–Kier alpha value is -6.11. The van der Waals surface area contributed by atoms with Gasteiger partial charge in [-0.25, -0.2) is 0 Å². The Morgan fingerprint density at radius 1 is 0.642 bits per heavy atom. The molecule has 0 amide bonds. The van der Waals surface area contributed by atoms with Crippen LogP contribution in [0, 0.1) is 18.1 Å². The molecule has 67 heavy (non-hydrogen) atoms. The SMILES string of the molecule is CC(C)(C)c1cc(-c2ccccc2)ccc1-n1c(-c2[c-]cc3oc4cc5cc6ccccc6cc5cc4c3c2)nc2ccccc21.CC(C)Cc1cc(-c2[c-]cccc2)nc[c]1[Ge]([CH3])([CH3])[CH3].[Ir]. The molecule has 3 aromatic heterocycles. The number of pyridine rings is 1. The van der Waals surface area contributed by atoms with E-state index in [-0.39, 0.29) is 25.5 Å². The number of furan rings is 1. The second-order valence-electron chi connectivity index (χ2n) is 20.1. The largest absolute Gasteiger partial charge is 0 e. The normalized spacial score (nSPS) is 12.0. The van der Waals surface area contributed by atoms with E-state index in [1.807, 2.05) is 24.3 Å². The predicted octanol–water partition coefficient (Wildman–Crippen LogP) is 16.0. The molecule has 1 radical (unpaired) electrons. The van der Waals surface area contributed by atoms with Gasteiger partial charge in [0.15, 0.2) is 0 Å². The maximum atomic E-state index is 6.40. The third-order valence-electron chi connectivity index (χ3n) is 12.6. The minimum absolute atomic E-state index is 0. The Bertz CT molecular complexity index is 3560.